The van der Waals surface area contributed by atoms with Crippen molar-refractivity contribution in [2.45, 2.75) is 41.5 Å². The zero-order chi connectivity index (χ0) is 32.3. The molecule has 0 amide bonds. The molecule has 0 saturated heterocycles. The summed E-state index contributed by atoms with van der Waals surface area (Å²) in [7, 11) is 2.13. The maximum atomic E-state index is 3.78. The van der Waals surface area contributed by atoms with E-state index in [1.54, 1.807) is 6.08 Å². The highest BCUT2D eigenvalue weighted by molar-refractivity contribution is 5.82. The van der Waals surface area contributed by atoms with E-state index in [4.69, 9.17) is 0 Å². The lowest BCUT2D eigenvalue weighted by Gasteiger charge is -2.23. The second-order valence-electron chi connectivity index (χ2n) is 10.2. The monoisotopic (exact) mass is 579 g/mol. The fraction of sp³-hybridized carbons (Fsp3) is 0.163. The molecule has 0 aliphatic rings. The third-order valence-corrected chi connectivity index (χ3v) is 6.82. The lowest BCUT2D eigenvalue weighted by atomic mass is 10.00. The number of nitrogens with zero attached hydrogens (tertiary/aromatic N) is 1. The molecule has 0 bridgehead atoms. The summed E-state index contributed by atoms with van der Waals surface area (Å²) in [5.74, 6) is 0. The molecular formula is C43H49N. The van der Waals surface area contributed by atoms with Gasteiger partial charge in [-0.1, -0.05) is 159 Å². The van der Waals surface area contributed by atoms with E-state index in [9.17, 15) is 0 Å². The minimum absolute atomic E-state index is 1.16. The first kappa shape index (κ1) is 35.3. The molecule has 0 aromatic heterocycles. The van der Waals surface area contributed by atoms with Crippen molar-refractivity contribution < 1.29 is 0 Å². The van der Waals surface area contributed by atoms with Gasteiger partial charge in [-0.05, 0) is 73.7 Å². The summed E-state index contributed by atoms with van der Waals surface area (Å²) < 4.78 is 0. The summed E-state index contributed by atoms with van der Waals surface area (Å²) in [6, 6.07) is 45.0. The molecule has 226 valence electrons. The molecule has 0 atom stereocenters. The van der Waals surface area contributed by atoms with E-state index < -0.39 is 0 Å². The molecule has 1 heteroatoms. The van der Waals surface area contributed by atoms with Gasteiger partial charge in [-0.2, -0.15) is 0 Å². The van der Waals surface area contributed by atoms with Gasteiger partial charge < -0.3 is 4.90 Å². The average molecular weight is 580 g/mol. The average Bonchev–Trinajstić information content (AvgIpc) is 3.07. The molecule has 5 aromatic carbocycles. The summed E-state index contributed by atoms with van der Waals surface area (Å²) in [4.78, 5) is 2.25. The van der Waals surface area contributed by atoms with Gasteiger partial charge in [-0.25, -0.2) is 0 Å². The number of rotatable bonds is 6. The minimum atomic E-state index is 1.16. The SMILES string of the molecule is C=C/C=C(\C)c1ccc(-c2ccc(N(C)c3ccccc3-c3ccccc3)cc2)cc1.C=CC.CC.Cc1cccc(C)c1. The molecule has 0 heterocycles. The van der Waals surface area contributed by atoms with E-state index in [0.29, 0.717) is 0 Å². The van der Waals surface area contributed by atoms with Crippen molar-refractivity contribution in [3.05, 3.63) is 175 Å². The first-order valence-corrected chi connectivity index (χ1v) is 15.4. The number of benzene rings is 5. The molecule has 0 saturated carbocycles. The second kappa shape index (κ2) is 19.3. The third-order valence-electron chi connectivity index (χ3n) is 6.82. The summed E-state index contributed by atoms with van der Waals surface area (Å²) >= 11 is 0. The number of anilines is 2. The Morgan fingerprint density at radius 3 is 1.61 bits per heavy atom. The van der Waals surface area contributed by atoms with Crippen molar-refractivity contribution in [3.8, 4) is 22.3 Å². The molecule has 5 aromatic rings. The van der Waals surface area contributed by atoms with Crippen LogP contribution in [0.15, 0.2) is 159 Å². The van der Waals surface area contributed by atoms with Crippen molar-refractivity contribution in [3.63, 3.8) is 0 Å². The number of para-hydroxylation sites is 1. The van der Waals surface area contributed by atoms with Crippen molar-refractivity contribution in [1.29, 1.82) is 0 Å². The normalized spacial score (nSPS) is 10.0. The highest BCUT2D eigenvalue weighted by Crippen LogP contribution is 2.35. The summed E-state index contributed by atoms with van der Waals surface area (Å²) in [6.07, 6.45) is 5.61. The first-order chi connectivity index (χ1) is 21.4. The molecule has 5 rings (SSSR count). The van der Waals surface area contributed by atoms with Gasteiger partial charge in [-0.15, -0.1) is 6.58 Å². The predicted molar refractivity (Wildman–Crippen MR) is 199 cm³/mol. The third kappa shape index (κ3) is 10.7. The Bertz CT molecular complexity index is 1560. The van der Waals surface area contributed by atoms with Crippen LogP contribution in [0.2, 0.25) is 0 Å². The Labute approximate surface area is 267 Å². The van der Waals surface area contributed by atoms with Crippen LogP contribution in [0.25, 0.3) is 27.8 Å². The molecule has 0 radical (unpaired) electrons. The fourth-order valence-corrected chi connectivity index (χ4v) is 4.65. The second-order valence-corrected chi connectivity index (χ2v) is 10.2. The maximum Gasteiger partial charge on any atom is 0.0487 e. The summed E-state index contributed by atoms with van der Waals surface area (Å²) in [6.45, 7) is 19.3. The van der Waals surface area contributed by atoms with E-state index >= 15 is 0 Å². The first-order valence-electron chi connectivity index (χ1n) is 15.4. The van der Waals surface area contributed by atoms with Crippen LogP contribution in [0.4, 0.5) is 11.4 Å². The van der Waals surface area contributed by atoms with Crippen LogP contribution in [0.1, 0.15) is 44.4 Å². The molecule has 0 fully saturated rings. The molecule has 0 spiro atoms. The standard InChI is InChI=1S/C30H27N.C8H10.C3H6.C2H6/c1-4-10-23(2)24-15-17-25(18-16-24)26-19-21-28(22-20-26)31(3)30-14-9-8-13-29(30)27-11-6-5-7-12-27;1-7-4-3-5-8(2)6-7;1-3-2;1-2/h4-22H,1H2,2-3H3;3-6H,1-2H3;3H,1H2,2H3;1-2H3/b23-10+;;;. The van der Waals surface area contributed by atoms with Gasteiger partial charge in [-0.3, -0.25) is 0 Å². The van der Waals surface area contributed by atoms with Crippen LogP contribution in [0, 0.1) is 13.8 Å². The van der Waals surface area contributed by atoms with E-state index in [-0.39, 0.29) is 0 Å². The van der Waals surface area contributed by atoms with Crippen LogP contribution in [-0.2, 0) is 0 Å². The topological polar surface area (TPSA) is 3.24 Å². The van der Waals surface area contributed by atoms with Gasteiger partial charge in [0.25, 0.3) is 0 Å². The number of hydrogen-bond acceptors (Lipinski definition) is 1. The summed E-state index contributed by atoms with van der Waals surface area (Å²) in [5.41, 5.74) is 12.3. The maximum absolute atomic E-state index is 3.78. The largest absolute Gasteiger partial charge is 0.344 e. The van der Waals surface area contributed by atoms with E-state index in [1.807, 2.05) is 32.9 Å². The van der Waals surface area contributed by atoms with Crippen LogP contribution < -0.4 is 4.90 Å². The Hall–Kier alpha value is -4.88. The molecule has 1 nitrogen and oxygen atoms in total. The van der Waals surface area contributed by atoms with Crippen LogP contribution in [0.3, 0.4) is 0 Å². The smallest absolute Gasteiger partial charge is 0.0487 e. The van der Waals surface area contributed by atoms with E-state index in [0.717, 1.165) is 5.69 Å². The van der Waals surface area contributed by atoms with Gasteiger partial charge in [0.1, 0.15) is 0 Å². The molecular weight excluding hydrogens is 530 g/mol. The molecule has 0 unspecified atom stereocenters. The quantitative estimate of drug-likeness (QED) is 0.143. The Balaban J connectivity index is 0.000000437. The fourth-order valence-electron chi connectivity index (χ4n) is 4.65. The Morgan fingerprint density at radius 2 is 1.11 bits per heavy atom. The molecule has 0 aliphatic carbocycles. The highest BCUT2D eigenvalue weighted by atomic mass is 15.1. The van der Waals surface area contributed by atoms with Crippen LogP contribution in [0.5, 0.6) is 0 Å². The van der Waals surface area contributed by atoms with Gasteiger partial charge >= 0.3 is 0 Å². The van der Waals surface area contributed by atoms with Gasteiger partial charge in [0, 0.05) is 24.0 Å². The van der Waals surface area contributed by atoms with Crippen LogP contribution in [-0.4, -0.2) is 7.05 Å². The van der Waals surface area contributed by atoms with E-state index in [1.165, 1.54) is 50.2 Å². The minimum Gasteiger partial charge on any atom is -0.344 e. The predicted octanol–water partition coefficient (Wildman–Crippen LogP) is 12.9. The zero-order valence-electron chi connectivity index (χ0n) is 27.7. The number of hydrogen-bond donors (Lipinski definition) is 0. The Kier molecular flexibility index (Phi) is 15.5. The van der Waals surface area contributed by atoms with Gasteiger partial charge in [0.2, 0.25) is 0 Å². The highest BCUT2D eigenvalue weighted by Gasteiger charge is 2.11. The van der Waals surface area contributed by atoms with Crippen molar-refractivity contribution in [2.75, 3.05) is 11.9 Å². The lowest BCUT2D eigenvalue weighted by Crippen LogP contribution is -2.10. The van der Waals surface area contributed by atoms with Crippen molar-refractivity contribution >= 4 is 16.9 Å². The Morgan fingerprint density at radius 1 is 0.614 bits per heavy atom. The zero-order valence-corrected chi connectivity index (χ0v) is 27.7. The van der Waals surface area contributed by atoms with E-state index in [2.05, 4.69) is 173 Å². The number of aryl methyl sites for hydroxylation is 2. The van der Waals surface area contributed by atoms with Crippen LogP contribution >= 0.6 is 0 Å². The van der Waals surface area contributed by atoms with Crippen molar-refractivity contribution in [2.24, 2.45) is 0 Å². The molecule has 0 N–H and O–H groups in total. The van der Waals surface area contributed by atoms with Crippen molar-refractivity contribution in [1.82, 2.24) is 0 Å². The van der Waals surface area contributed by atoms with Gasteiger partial charge in [0.05, 0.1) is 0 Å². The molecule has 0 aliphatic heterocycles. The lowest BCUT2D eigenvalue weighted by molar-refractivity contribution is 1.21. The summed E-state index contributed by atoms with van der Waals surface area (Å²) in [5, 5.41) is 0. The molecule has 44 heavy (non-hydrogen) atoms. The number of allylic oxidation sites excluding steroid dienone is 4. The van der Waals surface area contributed by atoms with Gasteiger partial charge in [0.15, 0.2) is 0 Å².